The third kappa shape index (κ3) is 8.25. The summed E-state index contributed by atoms with van der Waals surface area (Å²) in [6.07, 6.45) is 7.41. The van der Waals surface area contributed by atoms with Gasteiger partial charge < -0.3 is 4.42 Å². The molecule has 0 bridgehead atoms. The van der Waals surface area contributed by atoms with Gasteiger partial charge in [-0.1, -0.05) is 170 Å². The molecular formula is C68H44N4O. The van der Waals surface area contributed by atoms with E-state index in [1.807, 2.05) is 97.6 Å². The van der Waals surface area contributed by atoms with Gasteiger partial charge in [-0.15, -0.1) is 0 Å². The molecule has 13 rings (SSSR count). The summed E-state index contributed by atoms with van der Waals surface area (Å²) in [5.41, 5.74) is 22.5. The Hall–Kier alpha value is -9.84. The number of hydrogen-bond donors (Lipinski definition) is 0. The first-order valence-electron chi connectivity index (χ1n) is 24.5. The molecule has 342 valence electrons. The molecule has 0 aliphatic rings. The predicted molar refractivity (Wildman–Crippen MR) is 299 cm³/mol. The first-order valence-corrected chi connectivity index (χ1v) is 24.5. The molecule has 5 heteroatoms. The van der Waals surface area contributed by atoms with Crippen LogP contribution >= 0.6 is 0 Å². The Kier molecular flexibility index (Phi) is 11.1. The van der Waals surface area contributed by atoms with Gasteiger partial charge >= 0.3 is 0 Å². The zero-order valence-electron chi connectivity index (χ0n) is 39.6. The van der Waals surface area contributed by atoms with Crippen molar-refractivity contribution in [3.63, 3.8) is 0 Å². The van der Waals surface area contributed by atoms with Gasteiger partial charge in [0.2, 0.25) is 0 Å². The van der Waals surface area contributed by atoms with Gasteiger partial charge in [0.05, 0.1) is 17.1 Å². The number of fused-ring (bicyclic) bond motifs is 3. The monoisotopic (exact) mass is 932 g/mol. The van der Waals surface area contributed by atoms with E-state index in [2.05, 4.69) is 180 Å². The lowest BCUT2D eigenvalue weighted by Crippen LogP contribution is -1.94. The molecule has 0 atom stereocenters. The minimum Gasteiger partial charge on any atom is -0.454 e. The molecule has 5 heterocycles. The van der Waals surface area contributed by atoms with Crippen molar-refractivity contribution in [2.24, 2.45) is 0 Å². The fourth-order valence-electron chi connectivity index (χ4n) is 10.3. The number of rotatable bonds is 10. The third-order valence-electron chi connectivity index (χ3n) is 13.8. The van der Waals surface area contributed by atoms with Crippen LogP contribution in [0.4, 0.5) is 0 Å². The second-order valence-corrected chi connectivity index (χ2v) is 18.1. The number of nitrogens with zero attached hydrogens (tertiary/aromatic N) is 4. The molecule has 0 saturated carbocycles. The van der Waals surface area contributed by atoms with Gasteiger partial charge in [-0.3, -0.25) is 19.9 Å². The molecule has 0 unspecified atom stereocenters. The second-order valence-electron chi connectivity index (χ2n) is 18.1. The molecule has 0 aliphatic carbocycles. The smallest absolute Gasteiger partial charge is 0.161 e. The van der Waals surface area contributed by atoms with Crippen LogP contribution in [0.5, 0.6) is 0 Å². The van der Waals surface area contributed by atoms with E-state index in [1.165, 1.54) is 0 Å². The molecule has 5 nitrogen and oxygen atoms in total. The summed E-state index contributed by atoms with van der Waals surface area (Å²) in [6.45, 7) is 0. The average Bonchev–Trinajstić information content (AvgIpc) is 3.87. The lowest BCUT2D eigenvalue weighted by molar-refractivity contribution is 0.668. The number of aromatic nitrogens is 4. The summed E-state index contributed by atoms with van der Waals surface area (Å²) >= 11 is 0. The Bertz CT molecular complexity index is 3970. The molecule has 13 aromatic rings. The second kappa shape index (κ2) is 18.8. The molecule has 73 heavy (non-hydrogen) atoms. The highest BCUT2D eigenvalue weighted by Crippen LogP contribution is 2.46. The highest BCUT2D eigenvalue weighted by Gasteiger charge is 2.22. The van der Waals surface area contributed by atoms with E-state index in [0.29, 0.717) is 0 Å². The van der Waals surface area contributed by atoms with Gasteiger partial charge in [-0.25, -0.2) is 0 Å². The van der Waals surface area contributed by atoms with Crippen molar-refractivity contribution in [3.05, 3.63) is 267 Å². The molecule has 0 amide bonds. The van der Waals surface area contributed by atoms with E-state index in [-0.39, 0.29) is 0 Å². The summed E-state index contributed by atoms with van der Waals surface area (Å²) in [6, 6.07) is 85.7. The average molecular weight is 933 g/mol. The first kappa shape index (κ1) is 43.2. The Balaban J connectivity index is 1.01. The molecule has 5 aromatic heterocycles. The molecule has 8 aromatic carbocycles. The zero-order valence-corrected chi connectivity index (χ0v) is 39.6. The van der Waals surface area contributed by atoms with Crippen LogP contribution in [0.15, 0.2) is 272 Å². The van der Waals surface area contributed by atoms with Crippen molar-refractivity contribution in [1.82, 2.24) is 19.9 Å². The molecular weight excluding hydrogens is 889 g/mol. The summed E-state index contributed by atoms with van der Waals surface area (Å²) in [5.74, 6) is 0. The SMILES string of the molecule is c1ccc(-c2ccc(-c3ccccc3-c3cc(-c4ccccc4-c4ccc(-c5ccccn5)cc4)cc(-c4ccccc4-c4ccc(-c5ccccn5)cc4-c4nccc5c4oc4ccccc45)c3)cc2)nc1. The van der Waals surface area contributed by atoms with E-state index in [0.717, 1.165) is 134 Å². The van der Waals surface area contributed by atoms with Gasteiger partial charge in [0, 0.05) is 57.8 Å². The zero-order chi connectivity index (χ0) is 48.5. The van der Waals surface area contributed by atoms with Crippen molar-refractivity contribution in [3.8, 4) is 112 Å². The third-order valence-corrected chi connectivity index (χ3v) is 13.8. The van der Waals surface area contributed by atoms with E-state index in [4.69, 9.17) is 14.4 Å². The normalized spacial score (nSPS) is 11.3. The number of para-hydroxylation sites is 1. The van der Waals surface area contributed by atoms with Crippen LogP contribution in [0.1, 0.15) is 0 Å². The van der Waals surface area contributed by atoms with Gasteiger partial charge in [0.25, 0.3) is 0 Å². The van der Waals surface area contributed by atoms with Crippen molar-refractivity contribution < 1.29 is 4.42 Å². The lowest BCUT2D eigenvalue weighted by atomic mass is 9.85. The minimum absolute atomic E-state index is 0.749. The molecule has 0 fully saturated rings. The maximum atomic E-state index is 6.69. The standard InChI is InChI=1S/C68H44N4O/c1-3-17-55(53(15-1)45-26-30-47(31-27-45)63-22-9-12-37-69-63)50-41-51(56-18-4-2-16-54(56)46-28-32-48(33-29-46)64-23-10-13-38-70-64)43-52(42-50)57-19-5-6-20-58(57)59-35-34-49(65-24-11-14-39-71-65)44-62(59)67-68-61(36-40-72-67)60-21-7-8-25-66(60)73-68/h1-44H. The van der Waals surface area contributed by atoms with Crippen LogP contribution in [-0.4, -0.2) is 19.9 Å². The van der Waals surface area contributed by atoms with Crippen LogP contribution in [0.3, 0.4) is 0 Å². The van der Waals surface area contributed by atoms with Crippen LogP contribution in [0.2, 0.25) is 0 Å². The highest BCUT2D eigenvalue weighted by atomic mass is 16.3. The fraction of sp³-hybridized carbons (Fsp3) is 0. The van der Waals surface area contributed by atoms with Crippen molar-refractivity contribution in [2.45, 2.75) is 0 Å². The number of furan rings is 1. The number of benzene rings is 8. The van der Waals surface area contributed by atoms with Gasteiger partial charge in [0.15, 0.2) is 5.58 Å². The lowest BCUT2D eigenvalue weighted by Gasteiger charge is -2.19. The maximum absolute atomic E-state index is 6.69. The molecule has 0 aliphatic heterocycles. The molecule has 0 spiro atoms. The number of hydrogen-bond acceptors (Lipinski definition) is 5. The molecule has 0 N–H and O–H groups in total. The largest absolute Gasteiger partial charge is 0.454 e. The van der Waals surface area contributed by atoms with Crippen molar-refractivity contribution in [1.29, 1.82) is 0 Å². The quantitative estimate of drug-likeness (QED) is 0.137. The highest BCUT2D eigenvalue weighted by molar-refractivity contribution is 6.10. The molecule has 0 radical (unpaired) electrons. The van der Waals surface area contributed by atoms with E-state index in [9.17, 15) is 0 Å². The summed E-state index contributed by atoms with van der Waals surface area (Å²) in [7, 11) is 0. The van der Waals surface area contributed by atoms with Crippen molar-refractivity contribution in [2.75, 3.05) is 0 Å². The predicted octanol–water partition coefficient (Wildman–Crippen LogP) is 17.8. The van der Waals surface area contributed by atoms with Crippen molar-refractivity contribution >= 4 is 21.9 Å². The molecule has 0 saturated heterocycles. The van der Waals surface area contributed by atoms with Crippen LogP contribution in [-0.2, 0) is 0 Å². The Morgan fingerprint density at radius 3 is 1.14 bits per heavy atom. The summed E-state index contributed by atoms with van der Waals surface area (Å²) < 4.78 is 6.69. The Morgan fingerprint density at radius 2 is 0.630 bits per heavy atom. The van der Waals surface area contributed by atoms with E-state index in [1.54, 1.807) is 0 Å². The van der Waals surface area contributed by atoms with Gasteiger partial charge in [-0.05, 0) is 140 Å². The topological polar surface area (TPSA) is 64.7 Å². The maximum Gasteiger partial charge on any atom is 0.161 e. The minimum atomic E-state index is 0.749. The Labute approximate surface area is 423 Å². The summed E-state index contributed by atoms with van der Waals surface area (Å²) in [5, 5.41) is 2.08. The van der Waals surface area contributed by atoms with E-state index < -0.39 is 0 Å². The van der Waals surface area contributed by atoms with Gasteiger partial charge in [-0.2, -0.15) is 0 Å². The van der Waals surface area contributed by atoms with E-state index >= 15 is 0 Å². The Morgan fingerprint density at radius 1 is 0.233 bits per heavy atom. The number of pyridine rings is 4. The van der Waals surface area contributed by atoms with Gasteiger partial charge in [0.1, 0.15) is 11.3 Å². The fourth-order valence-corrected chi connectivity index (χ4v) is 10.3. The van der Waals surface area contributed by atoms with Crippen LogP contribution < -0.4 is 0 Å². The first-order chi connectivity index (χ1) is 36.2. The van der Waals surface area contributed by atoms with Crippen LogP contribution in [0, 0.1) is 0 Å². The summed E-state index contributed by atoms with van der Waals surface area (Å²) in [4.78, 5) is 19.1. The van der Waals surface area contributed by atoms with Crippen LogP contribution in [0.25, 0.3) is 134 Å².